The number of fused-ring (bicyclic) bond motifs is 1. The second-order valence-electron chi connectivity index (χ2n) is 4.29. The number of ether oxygens (including phenoxy) is 3. The summed E-state index contributed by atoms with van der Waals surface area (Å²) in [4.78, 5) is 11.7. The van der Waals surface area contributed by atoms with Crippen LogP contribution in [0.3, 0.4) is 0 Å². The lowest BCUT2D eigenvalue weighted by atomic mass is 9.99. The summed E-state index contributed by atoms with van der Waals surface area (Å²) >= 11 is 6.29. The Kier molecular flexibility index (Phi) is 4.73. The van der Waals surface area contributed by atoms with E-state index in [2.05, 4.69) is 0 Å². The van der Waals surface area contributed by atoms with Gasteiger partial charge in [0.25, 0.3) is 0 Å². The molecule has 0 spiro atoms. The molecule has 0 aliphatic carbocycles. The van der Waals surface area contributed by atoms with Gasteiger partial charge in [-0.3, -0.25) is 0 Å². The fourth-order valence-electron chi connectivity index (χ4n) is 2.15. The topological polar surface area (TPSA) is 65.0 Å². The highest BCUT2D eigenvalue weighted by atomic mass is 35.5. The molecule has 1 aliphatic heterocycles. The Balaban J connectivity index is 2.46. The third-order valence-corrected chi connectivity index (χ3v) is 3.47. The van der Waals surface area contributed by atoms with Crippen molar-refractivity contribution in [1.29, 1.82) is 0 Å². The number of hydrogen-bond donors (Lipinski definition) is 1. The van der Waals surface area contributed by atoms with Crippen LogP contribution in [0.5, 0.6) is 11.5 Å². The van der Waals surface area contributed by atoms with Crippen LogP contribution in [-0.2, 0) is 16.0 Å². The second-order valence-corrected chi connectivity index (χ2v) is 4.67. The Hall–Kier alpha value is -1.46. The third-order valence-electron chi connectivity index (χ3n) is 3.07. The Labute approximate surface area is 122 Å². The third kappa shape index (κ3) is 2.69. The maximum absolute atomic E-state index is 11.7. The summed E-state index contributed by atoms with van der Waals surface area (Å²) in [5.74, 6) is 0.210. The predicted molar refractivity (Wildman–Crippen MR) is 73.4 cm³/mol. The number of aliphatic hydroxyl groups is 1. The molecule has 0 bridgehead atoms. The molecule has 1 N–H and O–H groups in total. The number of carbonyl (C=O) groups excluding carboxylic acids is 1. The zero-order chi connectivity index (χ0) is 14.7. The van der Waals surface area contributed by atoms with E-state index in [4.69, 9.17) is 25.8 Å². The normalized spacial score (nSPS) is 14.8. The molecular formula is C14H17ClO5. The molecule has 1 atom stereocenters. The molecule has 5 nitrogen and oxygen atoms in total. The van der Waals surface area contributed by atoms with Gasteiger partial charge in [-0.1, -0.05) is 18.5 Å². The lowest BCUT2D eigenvalue weighted by Gasteiger charge is -2.24. The summed E-state index contributed by atoms with van der Waals surface area (Å²) in [6.45, 7) is 4.61. The number of hydrogen-bond acceptors (Lipinski definition) is 5. The lowest BCUT2D eigenvalue weighted by Crippen LogP contribution is -2.20. The molecule has 0 saturated heterocycles. The van der Waals surface area contributed by atoms with Gasteiger partial charge in [-0.25, -0.2) is 4.79 Å². The van der Waals surface area contributed by atoms with E-state index in [9.17, 15) is 9.90 Å². The number of esters is 1. The Morgan fingerprint density at radius 1 is 1.45 bits per heavy atom. The maximum Gasteiger partial charge on any atom is 0.339 e. The molecule has 110 valence electrons. The van der Waals surface area contributed by atoms with Gasteiger partial charge in [-0.2, -0.15) is 0 Å². The highest BCUT2D eigenvalue weighted by Crippen LogP contribution is 2.43. The fourth-order valence-corrected chi connectivity index (χ4v) is 2.54. The number of rotatable bonds is 4. The summed E-state index contributed by atoms with van der Waals surface area (Å²) in [6.07, 6.45) is -0.820. The van der Waals surface area contributed by atoms with E-state index in [1.54, 1.807) is 13.0 Å². The Bertz CT molecular complexity index is 515. The van der Waals surface area contributed by atoms with Crippen LogP contribution < -0.4 is 9.47 Å². The Morgan fingerprint density at radius 3 is 2.80 bits per heavy atom. The standard InChI is InChI=1S/C14H17ClO5/c1-3-8-9(12(16)14(17)18-4-2)7-10-13(11(8)15)20-6-5-19-10/h7,12,16H,3-6H2,1-2H3. The number of carbonyl (C=O) groups is 1. The van der Waals surface area contributed by atoms with Gasteiger partial charge in [0.05, 0.1) is 11.6 Å². The van der Waals surface area contributed by atoms with Crippen LogP contribution in [0.15, 0.2) is 6.07 Å². The molecule has 0 aromatic heterocycles. The summed E-state index contributed by atoms with van der Waals surface area (Å²) in [7, 11) is 0. The van der Waals surface area contributed by atoms with Gasteiger partial charge in [0.1, 0.15) is 13.2 Å². The van der Waals surface area contributed by atoms with Gasteiger partial charge in [-0.15, -0.1) is 0 Å². The molecule has 0 fully saturated rings. The number of halogens is 1. The van der Waals surface area contributed by atoms with Crippen molar-refractivity contribution < 1.29 is 24.1 Å². The van der Waals surface area contributed by atoms with E-state index < -0.39 is 12.1 Å². The molecule has 0 radical (unpaired) electrons. The van der Waals surface area contributed by atoms with Crippen molar-refractivity contribution in [2.75, 3.05) is 19.8 Å². The van der Waals surface area contributed by atoms with Crippen molar-refractivity contribution >= 4 is 17.6 Å². The summed E-state index contributed by atoms with van der Waals surface area (Å²) in [5.41, 5.74) is 1.07. The predicted octanol–water partition coefficient (Wildman–Crippen LogP) is 2.27. The average molecular weight is 301 g/mol. The lowest BCUT2D eigenvalue weighted by molar-refractivity contribution is -0.153. The van der Waals surface area contributed by atoms with Crippen molar-refractivity contribution in [2.45, 2.75) is 26.4 Å². The SMILES string of the molecule is CCOC(=O)C(O)c1cc2c(c(Cl)c1CC)OCCO2. The molecule has 1 aliphatic rings. The van der Waals surface area contributed by atoms with E-state index in [1.165, 1.54) is 0 Å². The molecule has 0 amide bonds. The van der Waals surface area contributed by atoms with Crippen LogP contribution >= 0.6 is 11.6 Å². The van der Waals surface area contributed by atoms with E-state index in [0.29, 0.717) is 47.3 Å². The molecule has 2 rings (SSSR count). The quantitative estimate of drug-likeness (QED) is 0.864. The van der Waals surface area contributed by atoms with Crippen LogP contribution in [0.1, 0.15) is 31.1 Å². The van der Waals surface area contributed by atoms with Crippen LogP contribution in [0.2, 0.25) is 5.02 Å². The van der Waals surface area contributed by atoms with Crippen LogP contribution in [0, 0.1) is 0 Å². The zero-order valence-electron chi connectivity index (χ0n) is 11.4. The first-order valence-corrected chi connectivity index (χ1v) is 6.93. The van der Waals surface area contributed by atoms with Gasteiger partial charge in [-0.05, 0) is 25.0 Å². The fraction of sp³-hybridized carbons (Fsp3) is 0.500. The minimum Gasteiger partial charge on any atom is -0.486 e. The van der Waals surface area contributed by atoms with Crippen molar-refractivity contribution in [3.63, 3.8) is 0 Å². The monoisotopic (exact) mass is 300 g/mol. The highest BCUT2D eigenvalue weighted by Gasteiger charge is 2.28. The average Bonchev–Trinajstić information content (AvgIpc) is 2.46. The van der Waals surface area contributed by atoms with Crippen molar-refractivity contribution in [3.8, 4) is 11.5 Å². The second kappa shape index (κ2) is 6.33. The first-order valence-electron chi connectivity index (χ1n) is 6.55. The van der Waals surface area contributed by atoms with E-state index in [0.717, 1.165) is 0 Å². The van der Waals surface area contributed by atoms with Crippen LogP contribution in [-0.4, -0.2) is 30.9 Å². The largest absolute Gasteiger partial charge is 0.486 e. The van der Waals surface area contributed by atoms with Crippen LogP contribution in [0.25, 0.3) is 0 Å². The Morgan fingerprint density at radius 2 is 2.15 bits per heavy atom. The van der Waals surface area contributed by atoms with E-state index >= 15 is 0 Å². The molecule has 0 saturated carbocycles. The van der Waals surface area contributed by atoms with Gasteiger partial charge >= 0.3 is 5.97 Å². The zero-order valence-corrected chi connectivity index (χ0v) is 12.2. The van der Waals surface area contributed by atoms with Gasteiger partial charge in [0.15, 0.2) is 17.6 Å². The molecular weight excluding hydrogens is 284 g/mol. The number of aliphatic hydroxyl groups excluding tert-OH is 1. The first kappa shape index (κ1) is 14.9. The summed E-state index contributed by atoms with van der Waals surface area (Å²) < 4.78 is 15.8. The molecule has 1 unspecified atom stereocenters. The van der Waals surface area contributed by atoms with Crippen molar-refractivity contribution in [2.24, 2.45) is 0 Å². The first-order chi connectivity index (χ1) is 9.60. The van der Waals surface area contributed by atoms with Gasteiger partial charge < -0.3 is 19.3 Å². The van der Waals surface area contributed by atoms with Crippen molar-refractivity contribution in [3.05, 3.63) is 22.2 Å². The number of benzene rings is 1. The van der Waals surface area contributed by atoms with E-state index in [-0.39, 0.29) is 6.61 Å². The summed E-state index contributed by atoms with van der Waals surface area (Å²) in [5, 5.41) is 10.5. The minimum absolute atomic E-state index is 0.204. The van der Waals surface area contributed by atoms with Crippen LogP contribution in [0.4, 0.5) is 0 Å². The molecule has 20 heavy (non-hydrogen) atoms. The van der Waals surface area contributed by atoms with E-state index in [1.807, 2.05) is 6.92 Å². The molecule has 1 aromatic rings. The minimum atomic E-state index is -1.38. The highest BCUT2D eigenvalue weighted by molar-refractivity contribution is 6.33. The van der Waals surface area contributed by atoms with Gasteiger partial charge in [0, 0.05) is 5.56 Å². The molecule has 6 heteroatoms. The molecule has 1 aromatic carbocycles. The maximum atomic E-state index is 11.7. The van der Waals surface area contributed by atoms with Gasteiger partial charge in [0.2, 0.25) is 0 Å². The summed E-state index contributed by atoms with van der Waals surface area (Å²) in [6, 6.07) is 1.60. The van der Waals surface area contributed by atoms with Crippen molar-refractivity contribution in [1.82, 2.24) is 0 Å². The molecule has 1 heterocycles. The smallest absolute Gasteiger partial charge is 0.339 e.